The molecule has 2 aliphatic carbocycles. The van der Waals surface area contributed by atoms with Gasteiger partial charge in [-0.25, -0.2) is 4.98 Å². The number of nitrogens with one attached hydrogen (secondary N) is 2. The van der Waals surface area contributed by atoms with Crippen molar-refractivity contribution in [3.8, 4) is 0 Å². The minimum atomic E-state index is -0.0356. The van der Waals surface area contributed by atoms with Crippen LogP contribution in [-0.4, -0.2) is 51.0 Å². The van der Waals surface area contributed by atoms with Gasteiger partial charge < -0.3 is 20.1 Å². The number of carbonyl (C=O) groups excluding carboxylic acids is 1. The number of rotatable bonds is 5. The summed E-state index contributed by atoms with van der Waals surface area (Å²) in [7, 11) is 1.93. The van der Waals surface area contributed by atoms with Crippen LogP contribution in [0.15, 0.2) is 42.6 Å². The highest BCUT2D eigenvalue weighted by Crippen LogP contribution is 2.42. The Morgan fingerprint density at radius 2 is 1.77 bits per heavy atom. The second kappa shape index (κ2) is 9.26. The molecule has 1 amide bonds. The summed E-state index contributed by atoms with van der Waals surface area (Å²) in [6.07, 6.45) is 12.3. The van der Waals surface area contributed by atoms with Gasteiger partial charge in [0.1, 0.15) is 11.3 Å². The Morgan fingerprint density at radius 1 is 1.03 bits per heavy atom. The Kier molecular flexibility index (Phi) is 5.96. The Balaban J connectivity index is 1.17. The molecule has 7 heteroatoms. The van der Waals surface area contributed by atoms with Crippen LogP contribution >= 0.6 is 0 Å². The molecule has 35 heavy (non-hydrogen) atoms. The average molecular weight is 473 g/mol. The van der Waals surface area contributed by atoms with E-state index >= 15 is 0 Å². The van der Waals surface area contributed by atoms with E-state index in [9.17, 15) is 4.79 Å². The first-order valence-corrected chi connectivity index (χ1v) is 13.3. The van der Waals surface area contributed by atoms with Crippen molar-refractivity contribution in [2.75, 3.05) is 18.9 Å². The first kappa shape index (κ1) is 22.5. The second-order valence-corrected chi connectivity index (χ2v) is 10.8. The maximum absolute atomic E-state index is 13.0. The van der Waals surface area contributed by atoms with Crippen LogP contribution in [0, 0.1) is 0 Å². The number of likely N-dealkylation sites (N-methyl/N-ethyl adjacent to an activating group) is 1. The molecule has 1 aliphatic heterocycles. The molecule has 0 saturated heterocycles. The highest BCUT2D eigenvalue weighted by atomic mass is 16.2. The molecule has 1 spiro atoms. The van der Waals surface area contributed by atoms with Crippen LogP contribution in [0.25, 0.3) is 11.0 Å². The molecule has 2 aromatic heterocycles. The molecule has 2 fully saturated rings. The number of nitrogens with zero attached hydrogens (tertiary/aromatic N) is 4. The van der Waals surface area contributed by atoms with E-state index in [2.05, 4.69) is 50.5 Å². The van der Waals surface area contributed by atoms with Crippen molar-refractivity contribution in [1.29, 1.82) is 0 Å². The number of amides is 1. The van der Waals surface area contributed by atoms with Gasteiger partial charge in [-0.1, -0.05) is 49.6 Å². The normalized spacial score (nSPS) is 24.0. The predicted molar refractivity (Wildman–Crippen MR) is 138 cm³/mol. The molecular weight excluding hydrogens is 436 g/mol. The van der Waals surface area contributed by atoms with Crippen LogP contribution in [0.3, 0.4) is 0 Å². The standard InChI is InChI=1S/C28H36N6O/c1-33-19-28(14-6-3-7-15-28)34-24(26(33)35)16-21-18-30-27(32-25(21)34)31-23-12-10-22(11-13-23)29-17-20-8-4-2-5-9-20/h2,4-5,8-9,16,18,22-23,29H,3,6-7,10-15,17,19H2,1H3,(H,30,31,32). The fraction of sp³-hybridized carbons (Fsp3) is 0.536. The summed E-state index contributed by atoms with van der Waals surface area (Å²) >= 11 is 0. The van der Waals surface area contributed by atoms with Crippen molar-refractivity contribution in [2.45, 2.75) is 82.0 Å². The molecule has 1 aromatic carbocycles. The summed E-state index contributed by atoms with van der Waals surface area (Å²) in [6.45, 7) is 1.70. The van der Waals surface area contributed by atoms with Crippen molar-refractivity contribution in [3.63, 3.8) is 0 Å². The minimum absolute atomic E-state index is 0.0356. The lowest BCUT2D eigenvalue weighted by Gasteiger charge is -2.45. The summed E-state index contributed by atoms with van der Waals surface area (Å²) < 4.78 is 2.28. The summed E-state index contributed by atoms with van der Waals surface area (Å²) in [5, 5.41) is 8.30. The largest absolute Gasteiger partial charge is 0.351 e. The van der Waals surface area contributed by atoms with Gasteiger partial charge >= 0.3 is 0 Å². The third kappa shape index (κ3) is 4.31. The number of hydrogen-bond donors (Lipinski definition) is 2. The predicted octanol–water partition coefficient (Wildman–Crippen LogP) is 4.69. The number of anilines is 1. The van der Waals surface area contributed by atoms with Crippen molar-refractivity contribution < 1.29 is 4.79 Å². The van der Waals surface area contributed by atoms with Crippen molar-refractivity contribution in [1.82, 2.24) is 24.8 Å². The third-order valence-electron chi connectivity index (χ3n) is 8.39. The molecule has 6 rings (SSSR count). The molecule has 2 N–H and O–H groups in total. The lowest BCUT2D eigenvalue weighted by Crippen LogP contribution is -2.53. The Labute approximate surface area is 207 Å². The zero-order valence-corrected chi connectivity index (χ0v) is 20.7. The van der Waals surface area contributed by atoms with Gasteiger partial charge in [0, 0.05) is 43.8 Å². The topological polar surface area (TPSA) is 75.1 Å². The number of benzene rings is 1. The van der Waals surface area contributed by atoms with Crippen LogP contribution < -0.4 is 10.6 Å². The number of hydrogen-bond acceptors (Lipinski definition) is 5. The number of aromatic nitrogens is 3. The highest BCUT2D eigenvalue weighted by molar-refractivity contribution is 5.99. The molecule has 2 saturated carbocycles. The lowest BCUT2D eigenvalue weighted by atomic mass is 9.79. The number of fused-ring (bicyclic) bond motifs is 4. The molecule has 0 atom stereocenters. The molecule has 3 aliphatic rings. The Bertz CT molecular complexity index is 1190. The van der Waals surface area contributed by atoms with Crippen molar-refractivity contribution in [3.05, 3.63) is 53.9 Å². The zero-order valence-electron chi connectivity index (χ0n) is 20.7. The number of carbonyl (C=O) groups is 1. The van der Waals surface area contributed by atoms with E-state index < -0.39 is 0 Å². The van der Waals surface area contributed by atoms with E-state index in [1.165, 1.54) is 24.8 Å². The molecule has 0 unspecified atom stereocenters. The van der Waals surface area contributed by atoms with Gasteiger partial charge in [-0.2, -0.15) is 4.98 Å². The molecule has 3 heterocycles. The minimum Gasteiger partial charge on any atom is -0.351 e. The fourth-order valence-electron chi connectivity index (χ4n) is 6.55. The van der Waals surface area contributed by atoms with Crippen molar-refractivity contribution in [2.24, 2.45) is 0 Å². The van der Waals surface area contributed by atoms with E-state index in [1.807, 2.05) is 24.2 Å². The van der Waals surface area contributed by atoms with Gasteiger partial charge in [0.05, 0.1) is 5.54 Å². The monoisotopic (exact) mass is 472 g/mol. The molecule has 0 radical (unpaired) electrons. The molecular formula is C28H36N6O. The lowest BCUT2D eigenvalue weighted by molar-refractivity contribution is 0.0543. The molecule has 0 bridgehead atoms. The highest BCUT2D eigenvalue weighted by Gasteiger charge is 2.43. The van der Waals surface area contributed by atoms with E-state index in [-0.39, 0.29) is 11.4 Å². The summed E-state index contributed by atoms with van der Waals surface area (Å²) in [5.74, 6) is 0.784. The van der Waals surface area contributed by atoms with Gasteiger partial charge in [-0.3, -0.25) is 4.79 Å². The van der Waals surface area contributed by atoms with Crippen LogP contribution in [0.5, 0.6) is 0 Å². The maximum Gasteiger partial charge on any atom is 0.270 e. The van der Waals surface area contributed by atoms with E-state index in [0.29, 0.717) is 18.0 Å². The third-order valence-corrected chi connectivity index (χ3v) is 8.39. The zero-order chi connectivity index (χ0) is 23.8. The van der Waals surface area contributed by atoms with Crippen LogP contribution in [0.2, 0.25) is 0 Å². The average Bonchev–Trinajstić information content (AvgIpc) is 3.28. The maximum atomic E-state index is 13.0. The van der Waals surface area contributed by atoms with Crippen molar-refractivity contribution >= 4 is 22.9 Å². The summed E-state index contributed by atoms with van der Waals surface area (Å²) in [5.41, 5.74) is 2.99. The molecule has 184 valence electrons. The van der Waals surface area contributed by atoms with Gasteiger partial charge in [-0.15, -0.1) is 0 Å². The van der Waals surface area contributed by atoms with Gasteiger partial charge in [0.25, 0.3) is 5.91 Å². The first-order chi connectivity index (χ1) is 17.1. The van der Waals surface area contributed by atoms with Gasteiger partial charge in [0.2, 0.25) is 5.95 Å². The van der Waals surface area contributed by atoms with Crippen LogP contribution in [0.4, 0.5) is 5.95 Å². The molecule has 3 aromatic rings. The fourth-order valence-corrected chi connectivity index (χ4v) is 6.55. The van der Waals surface area contributed by atoms with E-state index in [0.717, 1.165) is 68.3 Å². The van der Waals surface area contributed by atoms with Gasteiger partial charge in [0.15, 0.2) is 0 Å². The Hall–Kier alpha value is -2.93. The van der Waals surface area contributed by atoms with Gasteiger partial charge in [-0.05, 0) is 50.2 Å². The summed E-state index contributed by atoms with van der Waals surface area (Å²) in [4.78, 5) is 24.6. The first-order valence-electron chi connectivity index (χ1n) is 13.3. The molecule has 7 nitrogen and oxygen atoms in total. The SMILES string of the molecule is CN1CC2(CCCCC2)n2c(cc3cnc(NC4CCC(NCc5ccccc5)CC4)nc32)C1=O. The van der Waals surface area contributed by atoms with E-state index in [4.69, 9.17) is 4.98 Å². The van der Waals surface area contributed by atoms with Crippen LogP contribution in [-0.2, 0) is 12.1 Å². The smallest absolute Gasteiger partial charge is 0.270 e. The van der Waals surface area contributed by atoms with Crippen LogP contribution in [0.1, 0.15) is 73.8 Å². The summed E-state index contributed by atoms with van der Waals surface area (Å²) in [6, 6.07) is 13.6. The van der Waals surface area contributed by atoms with E-state index in [1.54, 1.807) is 0 Å². The second-order valence-electron chi connectivity index (χ2n) is 10.8. The Morgan fingerprint density at radius 3 is 2.54 bits per heavy atom. The quantitative estimate of drug-likeness (QED) is 0.564.